The fourth-order valence-electron chi connectivity index (χ4n) is 2.18. The molecule has 0 radical (unpaired) electrons. The molecule has 1 fully saturated rings. The Hall–Kier alpha value is -1.06. The fraction of sp³-hybridized carbons (Fsp3) is 0.600. The maximum atomic E-state index is 5.79. The molecule has 0 aliphatic carbocycles. The van der Waals surface area contributed by atoms with Crippen LogP contribution < -0.4 is 4.74 Å². The van der Waals surface area contributed by atoms with Crippen LogP contribution in [0.5, 0.6) is 5.75 Å². The second-order valence-corrected chi connectivity index (χ2v) is 4.69. The number of hydrogen-bond donors (Lipinski definition) is 0. The average Bonchev–Trinajstić information content (AvgIpc) is 2.46. The lowest BCUT2D eigenvalue weighted by Crippen LogP contribution is -2.44. The highest BCUT2D eigenvalue weighted by Gasteiger charge is 2.19. The normalized spacial score (nSPS) is 20.9. The predicted molar refractivity (Wildman–Crippen MR) is 73.2 cm³/mol. The van der Waals surface area contributed by atoms with Crippen molar-refractivity contribution in [2.45, 2.75) is 26.4 Å². The summed E-state index contributed by atoms with van der Waals surface area (Å²) in [5.74, 6) is 0.935. The molecule has 100 valence electrons. The van der Waals surface area contributed by atoms with Crippen LogP contribution >= 0.6 is 0 Å². The van der Waals surface area contributed by atoms with E-state index in [4.69, 9.17) is 9.47 Å². The van der Waals surface area contributed by atoms with Crippen LogP contribution in [0.3, 0.4) is 0 Å². The van der Waals surface area contributed by atoms with Gasteiger partial charge in [-0.1, -0.05) is 26.0 Å². The number of likely N-dealkylation sites (N-methyl/N-ethyl adjacent to an activating group) is 1. The van der Waals surface area contributed by atoms with Crippen LogP contribution in [0.1, 0.15) is 19.4 Å². The largest absolute Gasteiger partial charge is 0.491 e. The molecule has 0 spiro atoms. The molecule has 0 bridgehead atoms. The minimum Gasteiger partial charge on any atom is -0.491 e. The third-order valence-electron chi connectivity index (χ3n) is 3.44. The van der Waals surface area contributed by atoms with Gasteiger partial charge in [0, 0.05) is 13.1 Å². The minimum absolute atomic E-state index is 0.199. The van der Waals surface area contributed by atoms with E-state index >= 15 is 0 Å². The van der Waals surface area contributed by atoms with Gasteiger partial charge in [0.2, 0.25) is 0 Å². The Morgan fingerprint density at radius 1 is 1.28 bits per heavy atom. The van der Waals surface area contributed by atoms with Crippen LogP contribution in [-0.2, 0) is 11.2 Å². The molecule has 1 aliphatic heterocycles. The summed E-state index contributed by atoms with van der Waals surface area (Å²) in [7, 11) is 0. The maximum absolute atomic E-state index is 5.79. The van der Waals surface area contributed by atoms with E-state index in [-0.39, 0.29) is 6.10 Å². The van der Waals surface area contributed by atoms with Gasteiger partial charge in [-0.2, -0.15) is 0 Å². The Balaban J connectivity index is 1.79. The summed E-state index contributed by atoms with van der Waals surface area (Å²) in [5, 5.41) is 0. The smallest absolute Gasteiger partial charge is 0.119 e. The zero-order chi connectivity index (χ0) is 12.8. The van der Waals surface area contributed by atoms with Crippen LogP contribution in [0, 0.1) is 0 Å². The Labute approximate surface area is 110 Å². The van der Waals surface area contributed by atoms with Gasteiger partial charge in [-0.25, -0.2) is 0 Å². The van der Waals surface area contributed by atoms with Crippen LogP contribution in [-0.4, -0.2) is 43.9 Å². The topological polar surface area (TPSA) is 21.7 Å². The van der Waals surface area contributed by atoms with E-state index in [1.54, 1.807) is 0 Å². The monoisotopic (exact) mass is 249 g/mol. The van der Waals surface area contributed by atoms with E-state index < -0.39 is 0 Å². The molecular formula is C15H23NO2. The zero-order valence-electron chi connectivity index (χ0n) is 11.4. The lowest BCUT2D eigenvalue weighted by Gasteiger charge is -2.31. The Bertz CT molecular complexity index is 350. The van der Waals surface area contributed by atoms with Gasteiger partial charge in [0.15, 0.2) is 0 Å². The molecule has 0 aromatic heterocycles. The molecule has 18 heavy (non-hydrogen) atoms. The highest BCUT2D eigenvalue weighted by molar-refractivity contribution is 5.27. The van der Waals surface area contributed by atoms with Gasteiger partial charge in [-0.3, -0.25) is 4.90 Å². The molecule has 1 heterocycles. The molecule has 1 saturated heterocycles. The molecule has 3 heteroatoms. The molecular weight excluding hydrogens is 226 g/mol. The van der Waals surface area contributed by atoms with Gasteiger partial charge in [0.25, 0.3) is 0 Å². The van der Waals surface area contributed by atoms with Crippen molar-refractivity contribution < 1.29 is 9.47 Å². The van der Waals surface area contributed by atoms with Crippen molar-refractivity contribution in [3.63, 3.8) is 0 Å². The molecule has 0 saturated carbocycles. The Morgan fingerprint density at radius 3 is 2.72 bits per heavy atom. The number of hydrogen-bond acceptors (Lipinski definition) is 3. The van der Waals surface area contributed by atoms with Crippen LogP contribution in [0.2, 0.25) is 0 Å². The van der Waals surface area contributed by atoms with Gasteiger partial charge in [-0.05, 0) is 30.7 Å². The van der Waals surface area contributed by atoms with Crippen molar-refractivity contribution in [1.82, 2.24) is 4.90 Å². The van der Waals surface area contributed by atoms with Crippen LogP contribution in [0.25, 0.3) is 0 Å². The number of rotatable bonds is 5. The lowest BCUT2D eigenvalue weighted by atomic mass is 10.2. The van der Waals surface area contributed by atoms with Gasteiger partial charge in [0.05, 0.1) is 6.61 Å². The van der Waals surface area contributed by atoms with Crippen molar-refractivity contribution >= 4 is 0 Å². The second-order valence-electron chi connectivity index (χ2n) is 4.69. The second kappa shape index (κ2) is 6.76. The van der Waals surface area contributed by atoms with E-state index in [0.717, 1.165) is 38.4 Å². The average molecular weight is 249 g/mol. The first kappa shape index (κ1) is 13.4. The number of ether oxygens (including phenoxy) is 2. The van der Waals surface area contributed by atoms with Crippen LogP contribution in [0.4, 0.5) is 0 Å². The van der Waals surface area contributed by atoms with Crippen molar-refractivity contribution in [2.75, 3.05) is 32.8 Å². The van der Waals surface area contributed by atoms with E-state index in [1.807, 2.05) is 12.1 Å². The Kier molecular flexibility index (Phi) is 5.02. The van der Waals surface area contributed by atoms with Gasteiger partial charge in [0.1, 0.15) is 18.5 Å². The molecule has 0 N–H and O–H groups in total. The standard InChI is InChI=1S/C15H23NO2/c1-3-13-5-7-14(8-6-13)18-12-15-11-16(4-2)9-10-17-15/h5-8,15H,3-4,9-12H2,1-2H3. The molecule has 2 rings (SSSR count). The van der Waals surface area contributed by atoms with E-state index in [9.17, 15) is 0 Å². The first-order valence-electron chi connectivity index (χ1n) is 6.87. The van der Waals surface area contributed by atoms with E-state index in [0.29, 0.717) is 6.61 Å². The van der Waals surface area contributed by atoms with Crippen molar-refractivity contribution in [2.24, 2.45) is 0 Å². The summed E-state index contributed by atoms with van der Waals surface area (Å²) in [6.45, 7) is 8.91. The SMILES string of the molecule is CCc1ccc(OCC2CN(CC)CCO2)cc1. The molecule has 1 aromatic rings. The molecule has 1 aliphatic rings. The van der Waals surface area contributed by atoms with E-state index in [2.05, 4.69) is 30.9 Å². The zero-order valence-corrected chi connectivity index (χ0v) is 11.4. The van der Waals surface area contributed by atoms with Crippen molar-refractivity contribution in [3.05, 3.63) is 29.8 Å². The molecule has 1 aromatic carbocycles. The molecule has 1 unspecified atom stereocenters. The number of aryl methyl sites for hydroxylation is 1. The van der Waals surface area contributed by atoms with E-state index in [1.165, 1.54) is 5.56 Å². The van der Waals surface area contributed by atoms with Crippen molar-refractivity contribution in [3.8, 4) is 5.75 Å². The fourth-order valence-corrected chi connectivity index (χ4v) is 2.18. The highest BCUT2D eigenvalue weighted by Crippen LogP contribution is 2.14. The molecule has 1 atom stereocenters. The summed E-state index contributed by atoms with van der Waals surface area (Å²) in [4.78, 5) is 2.40. The van der Waals surface area contributed by atoms with Gasteiger partial charge in [-0.15, -0.1) is 0 Å². The summed E-state index contributed by atoms with van der Waals surface area (Å²) in [5.41, 5.74) is 1.34. The predicted octanol–water partition coefficient (Wildman–Crippen LogP) is 2.35. The van der Waals surface area contributed by atoms with Gasteiger partial charge < -0.3 is 9.47 Å². The highest BCUT2D eigenvalue weighted by atomic mass is 16.5. The summed E-state index contributed by atoms with van der Waals surface area (Å²) < 4.78 is 11.5. The summed E-state index contributed by atoms with van der Waals surface area (Å²) in [6, 6.07) is 8.32. The van der Waals surface area contributed by atoms with Crippen LogP contribution in [0.15, 0.2) is 24.3 Å². The third-order valence-corrected chi connectivity index (χ3v) is 3.44. The number of benzene rings is 1. The minimum atomic E-state index is 0.199. The first-order valence-corrected chi connectivity index (χ1v) is 6.87. The Morgan fingerprint density at radius 2 is 2.06 bits per heavy atom. The maximum Gasteiger partial charge on any atom is 0.119 e. The number of morpholine rings is 1. The number of nitrogens with zero attached hydrogens (tertiary/aromatic N) is 1. The quantitative estimate of drug-likeness (QED) is 0.799. The lowest BCUT2D eigenvalue weighted by molar-refractivity contribution is -0.0464. The van der Waals surface area contributed by atoms with Crippen molar-refractivity contribution in [1.29, 1.82) is 0 Å². The van der Waals surface area contributed by atoms with Gasteiger partial charge >= 0.3 is 0 Å². The summed E-state index contributed by atoms with van der Waals surface area (Å²) in [6.07, 6.45) is 1.27. The third kappa shape index (κ3) is 3.72. The summed E-state index contributed by atoms with van der Waals surface area (Å²) >= 11 is 0. The molecule has 3 nitrogen and oxygen atoms in total. The molecule has 0 amide bonds. The first-order chi connectivity index (χ1) is 8.81.